The molecule has 0 spiro atoms. The van der Waals surface area contributed by atoms with Gasteiger partial charge in [-0.25, -0.2) is 9.48 Å². The first kappa shape index (κ1) is 19.0. The molecule has 3 N–H and O–H groups in total. The molecule has 2 aromatic rings. The third-order valence-electron chi connectivity index (χ3n) is 3.83. The van der Waals surface area contributed by atoms with E-state index >= 15 is 0 Å². The van der Waals surface area contributed by atoms with Gasteiger partial charge in [0.15, 0.2) is 0 Å². The molecule has 1 aromatic heterocycles. The summed E-state index contributed by atoms with van der Waals surface area (Å²) in [6, 6.07) is 9.05. The summed E-state index contributed by atoms with van der Waals surface area (Å²) in [4.78, 5) is 12.3. The van der Waals surface area contributed by atoms with E-state index in [9.17, 15) is 9.90 Å². The van der Waals surface area contributed by atoms with Gasteiger partial charge in [-0.1, -0.05) is 32.0 Å². The van der Waals surface area contributed by atoms with E-state index in [4.69, 9.17) is 4.74 Å². The van der Waals surface area contributed by atoms with Crippen LogP contribution in [0.25, 0.3) is 5.69 Å². The molecule has 1 atom stereocenters. The molecule has 136 valence electrons. The molecule has 25 heavy (non-hydrogen) atoms. The number of nitrogens with zero attached hydrogens (tertiary/aromatic N) is 2. The number of anilines is 1. The number of hydrogen-bond donors (Lipinski definition) is 3. The molecule has 2 amide bonds. The molecule has 0 aliphatic carbocycles. The second kappa shape index (κ2) is 9.19. The van der Waals surface area contributed by atoms with Crippen molar-refractivity contribution in [2.75, 3.05) is 25.6 Å². The minimum absolute atomic E-state index is 0.142. The Kier molecular flexibility index (Phi) is 6.97. The lowest BCUT2D eigenvalue weighted by Gasteiger charge is -2.17. The van der Waals surface area contributed by atoms with Gasteiger partial charge in [0.2, 0.25) is 0 Å². The lowest BCUT2D eigenvalue weighted by molar-refractivity contribution is 0.161. The lowest BCUT2D eigenvalue weighted by Crippen LogP contribution is -2.41. The maximum atomic E-state index is 12.3. The van der Waals surface area contributed by atoms with Crippen molar-refractivity contribution >= 4 is 11.7 Å². The van der Waals surface area contributed by atoms with Crippen molar-refractivity contribution < 1.29 is 14.6 Å². The van der Waals surface area contributed by atoms with E-state index in [1.54, 1.807) is 13.3 Å². The van der Waals surface area contributed by atoms with E-state index in [2.05, 4.69) is 29.6 Å². The lowest BCUT2D eigenvalue weighted by atomic mass is 10.1. The number of urea groups is 1. The molecule has 7 heteroatoms. The van der Waals surface area contributed by atoms with Crippen LogP contribution in [-0.4, -0.2) is 47.3 Å². The van der Waals surface area contributed by atoms with Crippen molar-refractivity contribution in [2.45, 2.75) is 32.2 Å². The topological polar surface area (TPSA) is 88.4 Å². The zero-order valence-corrected chi connectivity index (χ0v) is 14.9. The van der Waals surface area contributed by atoms with Crippen LogP contribution in [0.4, 0.5) is 10.5 Å². The van der Waals surface area contributed by atoms with Gasteiger partial charge in [0.1, 0.15) is 0 Å². The van der Waals surface area contributed by atoms with Crippen LogP contribution in [0.5, 0.6) is 0 Å². The summed E-state index contributed by atoms with van der Waals surface area (Å²) in [5, 5.41) is 19.3. The molecule has 1 aromatic carbocycles. The fourth-order valence-corrected chi connectivity index (χ4v) is 2.60. The standard InChI is InChI=1S/C18H26N4O3/c1-13(2)17-16(11-19-22(17)15-7-5-4-6-8-15)21-18(24)20-14(12-23)9-10-25-3/h4-8,11,13-14,23H,9-10,12H2,1-3H3,(H2,20,21,24)/t14-/m0/s1. The summed E-state index contributed by atoms with van der Waals surface area (Å²) >= 11 is 0. The van der Waals surface area contributed by atoms with Crippen LogP contribution >= 0.6 is 0 Å². The highest BCUT2D eigenvalue weighted by Crippen LogP contribution is 2.26. The number of hydrogen-bond acceptors (Lipinski definition) is 4. The number of benzene rings is 1. The molecule has 0 aliphatic heterocycles. The van der Waals surface area contributed by atoms with E-state index in [-0.39, 0.29) is 24.6 Å². The zero-order valence-electron chi connectivity index (χ0n) is 14.9. The third-order valence-corrected chi connectivity index (χ3v) is 3.83. The van der Waals surface area contributed by atoms with Gasteiger partial charge in [0.05, 0.1) is 35.9 Å². The predicted molar refractivity (Wildman–Crippen MR) is 97.2 cm³/mol. The maximum absolute atomic E-state index is 12.3. The number of carbonyl (C=O) groups excluding carboxylic acids is 1. The average molecular weight is 346 g/mol. The van der Waals surface area contributed by atoms with E-state index in [1.807, 2.05) is 35.0 Å². The van der Waals surface area contributed by atoms with Crippen LogP contribution in [0.15, 0.2) is 36.5 Å². The number of ether oxygens (including phenoxy) is 1. The first-order valence-electron chi connectivity index (χ1n) is 8.37. The van der Waals surface area contributed by atoms with Crippen molar-refractivity contribution in [1.82, 2.24) is 15.1 Å². The van der Waals surface area contributed by atoms with Crippen LogP contribution in [0.1, 0.15) is 31.9 Å². The Morgan fingerprint density at radius 1 is 1.32 bits per heavy atom. The van der Waals surface area contributed by atoms with Crippen molar-refractivity contribution in [3.8, 4) is 5.69 Å². The van der Waals surface area contributed by atoms with Crippen molar-refractivity contribution in [1.29, 1.82) is 0 Å². The molecule has 0 unspecified atom stereocenters. The normalized spacial score (nSPS) is 12.2. The van der Waals surface area contributed by atoms with Gasteiger partial charge in [0.25, 0.3) is 0 Å². The minimum atomic E-state index is -0.371. The van der Waals surface area contributed by atoms with Gasteiger partial charge in [-0.3, -0.25) is 0 Å². The number of rotatable bonds is 8. The summed E-state index contributed by atoms with van der Waals surface area (Å²) in [6.07, 6.45) is 2.19. The first-order chi connectivity index (χ1) is 12.1. The Morgan fingerprint density at radius 3 is 2.64 bits per heavy atom. The molecule has 0 aliphatic rings. The highest BCUT2D eigenvalue weighted by Gasteiger charge is 2.18. The van der Waals surface area contributed by atoms with Crippen LogP contribution in [0.2, 0.25) is 0 Å². The summed E-state index contributed by atoms with van der Waals surface area (Å²) in [5.74, 6) is 0.167. The molecule has 7 nitrogen and oxygen atoms in total. The second-order valence-corrected chi connectivity index (χ2v) is 6.10. The predicted octanol–water partition coefficient (Wildman–Crippen LogP) is 2.51. The van der Waals surface area contributed by atoms with E-state index in [1.165, 1.54) is 0 Å². The first-order valence-corrected chi connectivity index (χ1v) is 8.37. The second-order valence-electron chi connectivity index (χ2n) is 6.10. The van der Waals surface area contributed by atoms with Gasteiger partial charge in [-0.05, 0) is 24.5 Å². The van der Waals surface area contributed by atoms with E-state index in [0.717, 1.165) is 11.4 Å². The maximum Gasteiger partial charge on any atom is 0.319 e. The van der Waals surface area contributed by atoms with Gasteiger partial charge < -0.3 is 20.5 Å². The van der Waals surface area contributed by atoms with Crippen LogP contribution in [0, 0.1) is 0 Å². The number of aromatic nitrogens is 2. The van der Waals surface area contributed by atoms with Gasteiger partial charge in [-0.2, -0.15) is 5.10 Å². The molecule has 0 bridgehead atoms. The molecule has 0 saturated heterocycles. The van der Waals surface area contributed by atoms with Crippen LogP contribution in [0.3, 0.4) is 0 Å². The number of para-hydroxylation sites is 1. The van der Waals surface area contributed by atoms with Crippen molar-refractivity contribution in [3.05, 3.63) is 42.2 Å². The fraction of sp³-hybridized carbons (Fsp3) is 0.444. The number of methoxy groups -OCH3 is 1. The van der Waals surface area contributed by atoms with Crippen LogP contribution < -0.4 is 10.6 Å². The summed E-state index contributed by atoms with van der Waals surface area (Å²) < 4.78 is 6.81. The number of carbonyl (C=O) groups is 1. The minimum Gasteiger partial charge on any atom is -0.394 e. The Hall–Kier alpha value is -2.38. The van der Waals surface area contributed by atoms with Crippen molar-refractivity contribution in [2.24, 2.45) is 0 Å². The SMILES string of the molecule is COCC[C@@H](CO)NC(=O)Nc1cnn(-c2ccccc2)c1C(C)C. The Labute approximate surface area is 148 Å². The number of nitrogens with one attached hydrogen (secondary N) is 2. The van der Waals surface area contributed by atoms with E-state index in [0.29, 0.717) is 18.7 Å². The van der Waals surface area contributed by atoms with Gasteiger partial charge in [-0.15, -0.1) is 0 Å². The molecular weight excluding hydrogens is 320 g/mol. The quantitative estimate of drug-likeness (QED) is 0.685. The molecule has 0 saturated carbocycles. The van der Waals surface area contributed by atoms with Gasteiger partial charge in [0, 0.05) is 13.7 Å². The Morgan fingerprint density at radius 2 is 2.04 bits per heavy atom. The smallest absolute Gasteiger partial charge is 0.319 e. The number of amides is 2. The molecule has 2 rings (SSSR count). The fourth-order valence-electron chi connectivity index (χ4n) is 2.60. The molecule has 0 radical (unpaired) electrons. The van der Waals surface area contributed by atoms with E-state index < -0.39 is 0 Å². The Balaban J connectivity index is 2.14. The molecule has 0 fully saturated rings. The third kappa shape index (κ3) is 5.04. The highest BCUT2D eigenvalue weighted by molar-refractivity contribution is 5.90. The highest BCUT2D eigenvalue weighted by atomic mass is 16.5. The van der Waals surface area contributed by atoms with Crippen LogP contribution in [-0.2, 0) is 4.74 Å². The average Bonchev–Trinajstić information content (AvgIpc) is 3.03. The number of aliphatic hydroxyl groups is 1. The van der Waals surface area contributed by atoms with Crippen molar-refractivity contribution in [3.63, 3.8) is 0 Å². The largest absolute Gasteiger partial charge is 0.394 e. The monoisotopic (exact) mass is 346 g/mol. The zero-order chi connectivity index (χ0) is 18.2. The Bertz CT molecular complexity index is 670. The molecule has 1 heterocycles. The summed E-state index contributed by atoms with van der Waals surface area (Å²) in [6.45, 7) is 4.43. The molecular formula is C18H26N4O3. The number of aliphatic hydroxyl groups excluding tert-OH is 1. The van der Waals surface area contributed by atoms with Gasteiger partial charge >= 0.3 is 6.03 Å². The summed E-state index contributed by atoms with van der Waals surface area (Å²) in [5.41, 5.74) is 2.51. The summed E-state index contributed by atoms with van der Waals surface area (Å²) in [7, 11) is 1.58.